The molecule has 0 saturated carbocycles. The van der Waals surface area contributed by atoms with Gasteiger partial charge >= 0.3 is 0 Å². The lowest BCUT2D eigenvalue weighted by atomic mass is 10.1. The molecule has 194 valence electrons. The van der Waals surface area contributed by atoms with Gasteiger partial charge in [-0.25, -0.2) is 9.97 Å². The number of ketones is 1. The summed E-state index contributed by atoms with van der Waals surface area (Å²) in [4.78, 5) is 37.9. The highest BCUT2D eigenvalue weighted by Gasteiger charge is 2.18. The molecule has 6 aromatic rings. The molecule has 7 rings (SSSR count). The minimum Gasteiger partial charge on any atom is -0.335 e. The van der Waals surface area contributed by atoms with Gasteiger partial charge in [-0.2, -0.15) is 5.10 Å². The number of H-pyrrole nitrogens is 2. The third kappa shape index (κ3) is 4.51. The summed E-state index contributed by atoms with van der Waals surface area (Å²) in [6, 6.07) is 8.09. The van der Waals surface area contributed by atoms with Crippen LogP contribution in [0.3, 0.4) is 0 Å². The van der Waals surface area contributed by atoms with Crippen LogP contribution >= 0.6 is 11.3 Å². The van der Waals surface area contributed by atoms with E-state index < -0.39 is 0 Å². The summed E-state index contributed by atoms with van der Waals surface area (Å²) < 4.78 is 0. The number of rotatable bonds is 6. The van der Waals surface area contributed by atoms with E-state index in [0.29, 0.717) is 22.0 Å². The lowest BCUT2D eigenvalue weighted by molar-refractivity contribution is 0.102. The number of carbonyl (C=O) groups excluding carboxylic acids is 1. The van der Waals surface area contributed by atoms with Gasteiger partial charge in [0.1, 0.15) is 11.2 Å². The van der Waals surface area contributed by atoms with Crippen LogP contribution in [-0.2, 0) is 6.54 Å². The Morgan fingerprint density at radius 1 is 1.00 bits per heavy atom. The molecule has 2 N–H and O–H groups in total. The Morgan fingerprint density at radius 3 is 2.69 bits per heavy atom. The molecule has 0 aromatic carbocycles. The van der Waals surface area contributed by atoms with Crippen LogP contribution in [-0.4, -0.2) is 58.9 Å². The quantitative estimate of drug-likeness (QED) is 0.257. The van der Waals surface area contributed by atoms with E-state index in [0.717, 1.165) is 57.6 Å². The predicted molar refractivity (Wildman–Crippen MR) is 152 cm³/mol. The van der Waals surface area contributed by atoms with Crippen LogP contribution in [0.4, 0.5) is 0 Å². The van der Waals surface area contributed by atoms with Crippen molar-refractivity contribution in [2.45, 2.75) is 32.7 Å². The molecule has 1 saturated heterocycles. The molecule has 0 aliphatic carbocycles. The van der Waals surface area contributed by atoms with Gasteiger partial charge in [-0.1, -0.05) is 6.42 Å². The largest absolute Gasteiger partial charge is 0.335 e. The number of carbonyl (C=O) groups is 1. The van der Waals surface area contributed by atoms with Gasteiger partial charge in [0.05, 0.1) is 22.0 Å². The van der Waals surface area contributed by atoms with Gasteiger partial charge in [0, 0.05) is 52.9 Å². The van der Waals surface area contributed by atoms with Crippen molar-refractivity contribution in [3.63, 3.8) is 0 Å². The fraction of sp³-hybridized carbons (Fsp3) is 0.241. The van der Waals surface area contributed by atoms with Crippen molar-refractivity contribution in [2.24, 2.45) is 0 Å². The summed E-state index contributed by atoms with van der Waals surface area (Å²) in [5.74, 6) is 0.678. The maximum absolute atomic E-state index is 11.8. The van der Waals surface area contributed by atoms with E-state index in [1.807, 2.05) is 30.7 Å². The van der Waals surface area contributed by atoms with Crippen LogP contribution in [0.15, 0.2) is 55.2 Å². The summed E-state index contributed by atoms with van der Waals surface area (Å²) in [5.41, 5.74) is 7.06. The number of likely N-dealkylation sites (tertiary alicyclic amines) is 1. The van der Waals surface area contributed by atoms with Crippen LogP contribution in [0.25, 0.3) is 55.2 Å². The van der Waals surface area contributed by atoms with E-state index in [4.69, 9.17) is 4.98 Å². The van der Waals surface area contributed by atoms with Gasteiger partial charge in [-0.3, -0.25) is 24.8 Å². The Labute approximate surface area is 228 Å². The highest BCUT2D eigenvalue weighted by molar-refractivity contribution is 7.17. The zero-order valence-electron chi connectivity index (χ0n) is 21.4. The first-order valence-corrected chi connectivity index (χ1v) is 13.9. The van der Waals surface area contributed by atoms with E-state index >= 15 is 0 Å². The highest BCUT2D eigenvalue weighted by Crippen LogP contribution is 2.35. The zero-order valence-corrected chi connectivity index (χ0v) is 22.3. The van der Waals surface area contributed by atoms with Gasteiger partial charge in [0.2, 0.25) is 0 Å². The summed E-state index contributed by atoms with van der Waals surface area (Å²) in [5, 5.41) is 8.47. The summed E-state index contributed by atoms with van der Waals surface area (Å²) in [6.07, 6.45) is 13.1. The monoisotopic (exact) mass is 534 g/mol. The molecule has 0 radical (unpaired) electrons. The minimum absolute atomic E-state index is 0.0487. The molecule has 10 heteroatoms. The lowest BCUT2D eigenvalue weighted by Crippen LogP contribution is -2.29. The number of hydrogen-bond donors (Lipinski definition) is 2. The standard InChI is InChI=1S/C29H26N8OS/c1-17(38)24-5-6-25(39-24)22-14-31-15-23-26(22)34-29(33-23)27-21-10-20(13-32-28(21)36-35-27)19-9-18(11-30-12-19)16-37-7-3-2-4-8-37/h5-6,9-15H,2-4,7-8,16H2,1H3,(H,33,34)(H,32,35,36). The average molecular weight is 535 g/mol. The topological polar surface area (TPSA) is 116 Å². The Hall–Kier alpha value is -4.28. The summed E-state index contributed by atoms with van der Waals surface area (Å²) in [6.45, 7) is 4.79. The molecular formula is C29H26N8OS. The highest BCUT2D eigenvalue weighted by atomic mass is 32.1. The van der Waals surface area contributed by atoms with Crippen LogP contribution in [0, 0.1) is 0 Å². The number of nitrogens with one attached hydrogen (secondary N) is 2. The molecule has 6 aromatic heterocycles. The number of hydrogen-bond acceptors (Lipinski definition) is 8. The molecule has 0 atom stereocenters. The first-order chi connectivity index (χ1) is 19.1. The van der Waals surface area contributed by atoms with Gasteiger partial charge < -0.3 is 4.98 Å². The molecule has 39 heavy (non-hydrogen) atoms. The molecule has 9 nitrogen and oxygen atoms in total. The molecule has 7 heterocycles. The Balaban J connectivity index is 1.25. The van der Waals surface area contributed by atoms with Crippen molar-refractivity contribution in [2.75, 3.05) is 13.1 Å². The van der Waals surface area contributed by atoms with Gasteiger partial charge in [-0.05, 0) is 62.7 Å². The SMILES string of the molecule is CC(=O)c1ccc(-c2cncc3[nH]c(-c4n[nH]c5ncc(-c6cncc(CN7CCCCC7)c6)cc45)nc23)s1. The van der Waals surface area contributed by atoms with Crippen LogP contribution < -0.4 is 0 Å². The van der Waals surface area contributed by atoms with E-state index in [1.165, 1.54) is 36.2 Å². The zero-order chi connectivity index (χ0) is 26.3. The van der Waals surface area contributed by atoms with Crippen molar-refractivity contribution in [3.05, 3.63) is 65.7 Å². The maximum Gasteiger partial charge on any atom is 0.169 e. The molecule has 1 fully saturated rings. The average Bonchev–Trinajstić information content (AvgIpc) is 3.71. The minimum atomic E-state index is 0.0487. The molecule has 0 unspecified atom stereocenters. The number of piperidine rings is 1. The van der Waals surface area contributed by atoms with Crippen LogP contribution in [0.5, 0.6) is 0 Å². The first-order valence-electron chi connectivity index (χ1n) is 13.1. The van der Waals surface area contributed by atoms with Gasteiger partial charge in [-0.15, -0.1) is 11.3 Å². The Bertz CT molecular complexity index is 1830. The molecular weight excluding hydrogens is 508 g/mol. The van der Waals surface area contributed by atoms with Crippen molar-refractivity contribution in [1.82, 2.24) is 40.0 Å². The second-order valence-corrected chi connectivity index (χ2v) is 11.1. The third-order valence-corrected chi connectivity index (χ3v) is 8.46. The molecule has 0 spiro atoms. The first kappa shape index (κ1) is 23.8. The van der Waals surface area contributed by atoms with Crippen molar-refractivity contribution < 1.29 is 4.79 Å². The smallest absolute Gasteiger partial charge is 0.169 e. The number of nitrogens with zero attached hydrogens (tertiary/aromatic N) is 6. The number of thiophene rings is 1. The molecule has 0 bridgehead atoms. The van der Waals surface area contributed by atoms with E-state index in [2.05, 4.69) is 47.2 Å². The van der Waals surface area contributed by atoms with Crippen molar-refractivity contribution in [1.29, 1.82) is 0 Å². The molecule has 1 aliphatic heterocycles. The van der Waals surface area contributed by atoms with E-state index in [1.54, 1.807) is 19.3 Å². The summed E-state index contributed by atoms with van der Waals surface area (Å²) >= 11 is 1.45. The maximum atomic E-state index is 11.8. The van der Waals surface area contributed by atoms with Gasteiger partial charge in [0.15, 0.2) is 17.3 Å². The fourth-order valence-electron chi connectivity index (χ4n) is 5.25. The third-order valence-electron chi connectivity index (χ3n) is 7.24. The van der Waals surface area contributed by atoms with Crippen LogP contribution in [0.1, 0.15) is 41.4 Å². The van der Waals surface area contributed by atoms with E-state index in [-0.39, 0.29) is 5.78 Å². The van der Waals surface area contributed by atoms with Gasteiger partial charge in [0.25, 0.3) is 0 Å². The predicted octanol–water partition coefficient (Wildman–Crippen LogP) is 5.88. The number of aromatic amines is 2. The van der Waals surface area contributed by atoms with Crippen LogP contribution in [0.2, 0.25) is 0 Å². The second-order valence-electron chi connectivity index (χ2n) is 10.00. The number of aromatic nitrogens is 7. The van der Waals surface area contributed by atoms with E-state index in [9.17, 15) is 4.79 Å². The number of fused-ring (bicyclic) bond motifs is 2. The molecule has 1 aliphatic rings. The normalized spacial score (nSPS) is 14.4. The lowest BCUT2D eigenvalue weighted by Gasteiger charge is -2.26. The Morgan fingerprint density at radius 2 is 1.85 bits per heavy atom. The molecule has 0 amide bonds. The summed E-state index contributed by atoms with van der Waals surface area (Å²) in [7, 11) is 0. The van der Waals surface area contributed by atoms with Crippen molar-refractivity contribution in [3.8, 4) is 33.1 Å². The fourth-order valence-corrected chi connectivity index (χ4v) is 6.16. The number of imidazole rings is 1. The Kier molecular flexibility index (Phi) is 5.98. The van der Waals surface area contributed by atoms with Crippen molar-refractivity contribution >= 4 is 39.2 Å². The number of pyridine rings is 3. The number of Topliss-reactive ketones (excluding diaryl/α,β-unsaturated/α-hetero) is 1. The second kappa shape index (κ2) is 9.79.